The van der Waals surface area contributed by atoms with Crippen molar-refractivity contribution >= 4 is 0 Å². The fourth-order valence-corrected chi connectivity index (χ4v) is 1.22. The lowest BCUT2D eigenvalue weighted by Crippen LogP contribution is -2.13. The van der Waals surface area contributed by atoms with Gasteiger partial charge in [-0.25, -0.2) is 8.78 Å². The van der Waals surface area contributed by atoms with Crippen molar-refractivity contribution in [1.29, 1.82) is 0 Å². The molecule has 0 fully saturated rings. The van der Waals surface area contributed by atoms with Crippen molar-refractivity contribution in [3.63, 3.8) is 0 Å². The number of nitrogens with two attached hydrogens (primary N) is 1. The molecule has 0 aromatic heterocycles. The van der Waals surface area contributed by atoms with Crippen LogP contribution >= 0.6 is 0 Å². The summed E-state index contributed by atoms with van der Waals surface area (Å²) in [4.78, 5) is 0. The number of ether oxygens (including phenoxy) is 1. The van der Waals surface area contributed by atoms with Crippen molar-refractivity contribution in [3.8, 4) is 5.75 Å². The predicted molar refractivity (Wildman–Crippen MR) is 50.6 cm³/mol. The summed E-state index contributed by atoms with van der Waals surface area (Å²) in [5.74, 6) is -0.0250. The molecule has 1 aromatic rings. The molecule has 6 heteroatoms. The molecule has 0 aliphatic heterocycles. The van der Waals surface area contributed by atoms with Gasteiger partial charge in [-0.1, -0.05) is 12.1 Å². The normalized spacial score (nSPS) is 13.2. The first-order chi connectivity index (χ1) is 7.49. The van der Waals surface area contributed by atoms with Crippen molar-refractivity contribution in [2.45, 2.75) is 25.5 Å². The van der Waals surface area contributed by atoms with Crippen LogP contribution in [-0.2, 0) is 0 Å². The Morgan fingerprint density at radius 1 is 1.06 bits per heavy atom. The molecule has 0 bridgehead atoms. The van der Waals surface area contributed by atoms with Gasteiger partial charge in [0.2, 0.25) is 6.43 Å². The summed E-state index contributed by atoms with van der Waals surface area (Å²) in [6.07, 6.45) is -2.96. The first-order valence-corrected chi connectivity index (χ1v) is 4.57. The molecule has 0 amide bonds. The van der Waals surface area contributed by atoms with Crippen LogP contribution in [0.3, 0.4) is 0 Å². The molecule has 16 heavy (non-hydrogen) atoms. The molecule has 0 heterocycles. The molecule has 0 radical (unpaired) electrons. The predicted octanol–water partition coefficient (Wildman–Crippen LogP) is 2.94. The van der Waals surface area contributed by atoms with Gasteiger partial charge in [0.15, 0.2) is 0 Å². The Bertz CT molecular complexity index is 315. The van der Waals surface area contributed by atoms with Gasteiger partial charge in [0.05, 0.1) is 0 Å². The molecular formula is C10H11F4NO. The van der Waals surface area contributed by atoms with Crippen LogP contribution in [-0.4, -0.2) is 13.0 Å². The molecule has 1 aromatic carbocycles. The van der Waals surface area contributed by atoms with Crippen LogP contribution in [0.1, 0.15) is 18.0 Å². The SMILES string of the molecule is N[C@H](CC(F)F)c1ccc(OC(F)F)cc1. The van der Waals surface area contributed by atoms with E-state index in [0.717, 1.165) is 0 Å². The van der Waals surface area contributed by atoms with E-state index >= 15 is 0 Å². The zero-order chi connectivity index (χ0) is 12.1. The van der Waals surface area contributed by atoms with Crippen LogP contribution in [0.4, 0.5) is 17.6 Å². The molecule has 1 atom stereocenters. The zero-order valence-electron chi connectivity index (χ0n) is 8.25. The highest BCUT2D eigenvalue weighted by atomic mass is 19.3. The van der Waals surface area contributed by atoms with Crippen LogP contribution in [0.2, 0.25) is 0 Å². The second-order valence-electron chi connectivity index (χ2n) is 3.18. The van der Waals surface area contributed by atoms with Gasteiger partial charge < -0.3 is 10.5 Å². The van der Waals surface area contributed by atoms with E-state index in [-0.39, 0.29) is 5.75 Å². The number of halogens is 4. The van der Waals surface area contributed by atoms with Crippen molar-refractivity contribution < 1.29 is 22.3 Å². The lowest BCUT2D eigenvalue weighted by Gasteiger charge is -2.12. The number of rotatable bonds is 5. The van der Waals surface area contributed by atoms with Crippen LogP contribution < -0.4 is 10.5 Å². The molecule has 0 aliphatic carbocycles. The summed E-state index contributed by atoms with van der Waals surface area (Å²) >= 11 is 0. The molecule has 1 rings (SSSR count). The summed E-state index contributed by atoms with van der Waals surface area (Å²) in [6, 6.07) is 4.52. The Balaban J connectivity index is 2.63. The Labute approximate surface area is 90.0 Å². The summed E-state index contributed by atoms with van der Waals surface area (Å²) in [5, 5.41) is 0. The topological polar surface area (TPSA) is 35.2 Å². The molecule has 2 N–H and O–H groups in total. The highest BCUT2D eigenvalue weighted by Crippen LogP contribution is 2.21. The molecule has 0 spiro atoms. The van der Waals surface area contributed by atoms with Gasteiger partial charge in [-0.2, -0.15) is 8.78 Å². The van der Waals surface area contributed by atoms with E-state index in [2.05, 4.69) is 4.74 Å². The number of alkyl halides is 4. The summed E-state index contributed by atoms with van der Waals surface area (Å²) in [7, 11) is 0. The first kappa shape index (κ1) is 12.8. The third-order valence-corrected chi connectivity index (χ3v) is 1.97. The Morgan fingerprint density at radius 3 is 2.06 bits per heavy atom. The lowest BCUT2D eigenvalue weighted by molar-refractivity contribution is -0.0498. The third kappa shape index (κ3) is 4.06. The van der Waals surface area contributed by atoms with Crippen LogP contribution in [0.15, 0.2) is 24.3 Å². The van der Waals surface area contributed by atoms with Crippen LogP contribution in [0.5, 0.6) is 5.75 Å². The van der Waals surface area contributed by atoms with E-state index in [9.17, 15) is 17.6 Å². The molecule has 90 valence electrons. The van der Waals surface area contributed by atoms with E-state index in [4.69, 9.17) is 5.73 Å². The molecular weight excluding hydrogens is 226 g/mol. The number of hydrogen-bond acceptors (Lipinski definition) is 2. The van der Waals surface area contributed by atoms with Gasteiger partial charge in [0.1, 0.15) is 5.75 Å². The zero-order valence-corrected chi connectivity index (χ0v) is 8.25. The van der Waals surface area contributed by atoms with Gasteiger partial charge in [0.25, 0.3) is 0 Å². The van der Waals surface area contributed by atoms with Gasteiger partial charge in [-0.3, -0.25) is 0 Å². The standard InChI is InChI=1S/C10H11F4NO/c11-9(12)5-8(15)6-1-3-7(4-2-6)16-10(13)14/h1-4,8-10H,5,15H2/t8-/m1/s1. The quantitative estimate of drug-likeness (QED) is 0.799. The minimum atomic E-state index is -2.90. The van der Waals surface area contributed by atoms with Crippen molar-refractivity contribution in [2.24, 2.45) is 5.73 Å². The highest BCUT2D eigenvalue weighted by molar-refractivity contribution is 5.29. The lowest BCUT2D eigenvalue weighted by atomic mass is 10.1. The maximum absolute atomic E-state index is 12.0. The molecule has 0 saturated heterocycles. The van der Waals surface area contributed by atoms with E-state index in [1.807, 2.05) is 0 Å². The van der Waals surface area contributed by atoms with E-state index in [1.165, 1.54) is 24.3 Å². The van der Waals surface area contributed by atoms with Crippen molar-refractivity contribution in [2.75, 3.05) is 0 Å². The summed E-state index contributed by atoms with van der Waals surface area (Å²) < 4.78 is 51.8. The number of benzene rings is 1. The Kier molecular flexibility index (Phi) is 4.54. The minimum Gasteiger partial charge on any atom is -0.435 e. The Morgan fingerprint density at radius 2 is 1.62 bits per heavy atom. The van der Waals surface area contributed by atoms with Gasteiger partial charge in [0, 0.05) is 12.5 Å². The minimum absolute atomic E-state index is 0.0250. The average Bonchev–Trinajstić information content (AvgIpc) is 2.16. The summed E-state index contributed by atoms with van der Waals surface area (Å²) in [6.45, 7) is -2.90. The van der Waals surface area contributed by atoms with Crippen molar-refractivity contribution in [3.05, 3.63) is 29.8 Å². The highest BCUT2D eigenvalue weighted by Gasteiger charge is 2.13. The van der Waals surface area contributed by atoms with Gasteiger partial charge >= 0.3 is 6.61 Å². The Hall–Kier alpha value is -1.30. The molecule has 0 saturated carbocycles. The third-order valence-electron chi connectivity index (χ3n) is 1.97. The van der Waals surface area contributed by atoms with E-state index in [0.29, 0.717) is 5.56 Å². The molecule has 0 aliphatic rings. The maximum Gasteiger partial charge on any atom is 0.387 e. The second kappa shape index (κ2) is 5.69. The number of hydrogen-bond donors (Lipinski definition) is 1. The van der Waals surface area contributed by atoms with Gasteiger partial charge in [-0.05, 0) is 17.7 Å². The average molecular weight is 237 g/mol. The molecule has 2 nitrogen and oxygen atoms in total. The first-order valence-electron chi connectivity index (χ1n) is 4.57. The second-order valence-corrected chi connectivity index (χ2v) is 3.18. The summed E-state index contributed by atoms with van der Waals surface area (Å²) in [5.41, 5.74) is 5.94. The smallest absolute Gasteiger partial charge is 0.387 e. The fourth-order valence-electron chi connectivity index (χ4n) is 1.22. The monoisotopic (exact) mass is 237 g/mol. The fraction of sp³-hybridized carbons (Fsp3) is 0.400. The van der Waals surface area contributed by atoms with Crippen molar-refractivity contribution in [1.82, 2.24) is 0 Å². The van der Waals surface area contributed by atoms with E-state index in [1.54, 1.807) is 0 Å². The maximum atomic E-state index is 12.0. The van der Waals surface area contributed by atoms with Gasteiger partial charge in [-0.15, -0.1) is 0 Å². The van der Waals surface area contributed by atoms with Crippen LogP contribution in [0.25, 0.3) is 0 Å². The molecule has 0 unspecified atom stereocenters. The van der Waals surface area contributed by atoms with Crippen LogP contribution in [0, 0.1) is 0 Å². The van der Waals surface area contributed by atoms with E-state index < -0.39 is 25.5 Å². The largest absolute Gasteiger partial charge is 0.435 e.